The molecule has 106 valence electrons. The molecule has 0 aliphatic heterocycles. The summed E-state index contributed by atoms with van der Waals surface area (Å²) in [5.74, 6) is 0.220. The number of hydrogen-bond donors (Lipinski definition) is 0. The normalized spacial score (nSPS) is 10.7. The van der Waals surface area contributed by atoms with Gasteiger partial charge in [-0.1, -0.05) is 17.3 Å². The summed E-state index contributed by atoms with van der Waals surface area (Å²) in [6.45, 7) is 0.520. The van der Waals surface area contributed by atoms with Crippen molar-refractivity contribution in [2.45, 2.75) is 6.54 Å². The molecule has 0 aliphatic carbocycles. The quantitative estimate of drug-likeness (QED) is 0.736. The molecule has 3 rings (SSSR count). The van der Waals surface area contributed by atoms with Crippen molar-refractivity contribution in [3.05, 3.63) is 64.7 Å². The van der Waals surface area contributed by atoms with Crippen molar-refractivity contribution >= 4 is 10.9 Å². The van der Waals surface area contributed by atoms with Gasteiger partial charge in [-0.25, -0.2) is 9.07 Å². The van der Waals surface area contributed by atoms with E-state index in [1.807, 2.05) is 0 Å². The molecule has 6 heteroatoms. The monoisotopic (exact) mass is 285 g/mol. The van der Waals surface area contributed by atoms with Gasteiger partial charge in [-0.15, -0.1) is 5.10 Å². The Balaban J connectivity index is 1.72. The number of fused-ring (bicyclic) bond motifs is 1. The Kier molecular flexibility index (Phi) is 3.59. The van der Waals surface area contributed by atoms with E-state index in [-0.39, 0.29) is 24.5 Å². The van der Waals surface area contributed by atoms with Crippen molar-refractivity contribution in [1.82, 2.24) is 15.0 Å². The van der Waals surface area contributed by atoms with Crippen molar-refractivity contribution in [3.63, 3.8) is 0 Å². The standard InChI is InChI=1S/C15H12FN3O2/c16-11-5-7-12(8-6-11)21-10-9-19-15(20)13-3-1-2-4-14(13)17-18-19/h1-8H,9-10H2. The molecule has 0 bridgehead atoms. The summed E-state index contributed by atoms with van der Waals surface area (Å²) < 4.78 is 19.4. The van der Waals surface area contributed by atoms with Crippen molar-refractivity contribution in [2.24, 2.45) is 0 Å². The van der Waals surface area contributed by atoms with Crippen LogP contribution in [-0.4, -0.2) is 21.6 Å². The Morgan fingerprint density at radius 2 is 1.86 bits per heavy atom. The zero-order chi connectivity index (χ0) is 14.7. The molecule has 0 radical (unpaired) electrons. The number of rotatable bonds is 4. The zero-order valence-electron chi connectivity index (χ0n) is 11.1. The first kappa shape index (κ1) is 13.2. The van der Waals surface area contributed by atoms with E-state index < -0.39 is 0 Å². The molecule has 0 aliphatic rings. The maximum atomic E-state index is 12.8. The van der Waals surface area contributed by atoms with Gasteiger partial charge in [0.15, 0.2) is 0 Å². The third-order valence-corrected chi connectivity index (χ3v) is 3.01. The Labute approximate surface area is 119 Å². The van der Waals surface area contributed by atoms with Crippen molar-refractivity contribution in [1.29, 1.82) is 0 Å². The van der Waals surface area contributed by atoms with E-state index in [4.69, 9.17) is 4.74 Å². The summed E-state index contributed by atoms with van der Waals surface area (Å²) in [7, 11) is 0. The van der Waals surface area contributed by atoms with Gasteiger partial charge in [-0.2, -0.15) is 0 Å². The molecule has 1 aromatic heterocycles. The highest BCUT2D eigenvalue weighted by Gasteiger charge is 2.04. The number of aromatic nitrogens is 3. The molecule has 0 saturated carbocycles. The molecule has 0 N–H and O–H groups in total. The maximum Gasteiger partial charge on any atom is 0.277 e. The van der Waals surface area contributed by atoms with Crippen LogP contribution in [0.15, 0.2) is 53.3 Å². The maximum absolute atomic E-state index is 12.8. The average Bonchev–Trinajstić information content (AvgIpc) is 2.52. The molecule has 21 heavy (non-hydrogen) atoms. The average molecular weight is 285 g/mol. The molecular formula is C15H12FN3O2. The first-order valence-electron chi connectivity index (χ1n) is 6.45. The molecule has 0 saturated heterocycles. The number of benzene rings is 2. The van der Waals surface area contributed by atoms with E-state index in [0.717, 1.165) is 0 Å². The highest BCUT2D eigenvalue weighted by atomic mass is 19.1. The molecule has 0 fully saturated rings. The summed E-state index contributed by atoms with van der Waals surface area (Å²) in [6.07, 6.45) is 0. The van der Waals surface area contributed by atoms with E-state index in [9.17, 15) is 9.18 Å². The highest BCUT2D eigenvalue weighted by Crippen LogP contribution is 2.10. The van der Waals surface area contributed by atoms with Crippen LogP contribution in [0, 0.1) is 5.82 Å². The fourth-order valence-corrected chi connectivity index (χ4v) is 1.95. The lowest BCUT2D eigenvalue weighted by Gasteiger charge is -2.07. The van der Waals surface area contributed by atoms with Crippen LogP contribution in [0.4, 0.5) is 4.39 Å². The Morgan fingerprint density at radius 3 is 2.67 bits per heavy atom. The first-order valence-corrected chi connectivity index (χ1v) is 6.45. The van der Waals surface area contributed by atoms with E-state index in [2.05, 4.69) is 10.3 Å². The minimum atomic E-state index is -0.320. The highest BCUT2D eigenvalue weighted by molar-refractivity contribution is 5.76. The SMILES string of the molecule is O=c1c2ccccc2nnn1CCOc1ccc(F)cc1. The van der Waals surface area contributed by atoms with Crippen molar-refractivity contribution in [3.8, 4) is 5.75 Å². The topological polar surface area (TPSA) is 57.0 Å². The third-order valence-electron chi connectivity index (χ3n) is 3.01. The largest absolute Gasteiger partial charge is 0.492 e. The Bertz CT molecular complexity index is 815. The molecule has 0 unspecified atom stereocenters. The lowest BCUT2D eigenvalue weighted by atomic mass is 10.2. The predicted octanol–water partition coefficient (Wildman–Crippen LogP) is 2.01. The Hall–Kier alpha value is -2.76. The van der Waals surface area contributed by atoms with Crippen LogP contribution in [0.3, 0.4) is 0 Å². The lowest BCUT2D eigenvalue weighted by Crippen LogP contribution is -2.26. The van der Waals surface area contributed by atoms with Gasteiger partial charge < -0.3 is 4.74 Å². The molecule has 5 nitrogen and oxygen atoms in total. The van der Waals surface area contributed by atoms with E-state index in [1.54, 1.807) is 24.3 Å². The summed E-state index contributed by atoms with van der Waals surface area (Å²) in [6, 6.07) is 12.7. The molecule has 0 amide bonds. The fraction of sp³-hybridized carbons (Fsp3) is 0.133. The summed E-state index contributed by atoms with van der Waals surface area (Å²) in [4.78, 5) is 12.2. The van der Waals surface area contributed by atoms with E-state index in [0.29, 0.717) is 16.7 Å². The second-order valence-corrected chi connectivity index (χ2v) is 4.44. The number of halogens is 1. The first-order chi connectivity index (χ1) is 10.2. The van der Waals surface area contributed by atoms with Gasteiger partial charge in [-0.05, 0) is 36.4 Å². The van der Waals surface area contributed by atoms with E-state index in [1.165, 1.54) is 28.9 Å². The minimum absolute atomic E-state index is 0.205. The van der Waals surface area contributed by atoms with Gasteiger partial charge in [0, 0.05) is 0 Å². The Morgan fingerprint density at radius 1 is 1.10 bits per heavy atom. The smallest absolute Gasteiger partial charge is 0.277 e. The molecule has 2 aromatic carbocycles. The summed E-state index contributed by atoms with van der Waals surface area (Å²) >= 11 is 0. The second-order valence-electron chi connectivity index (χ2n) is 4.44. The summed E-state index contributed by atoms with van der Waals surface area (Å²) in [5, 5.41) is 8.38. The van der Waals surface area contributed by atoms with Crippen LogP contribution in [-0.2, 0) is 6.54 Å². The van der Waals surface area contributed by atoms with Crippen LogP contribution in [0.2, 0.25) is 0 Å². The van der Waals surface area contributed by atoms with Gasteiger partial charge in [0.25, 0.3) is 5.56 Å². The lowest BCUT2D eigenvalue weighted by molar-refractivity contribution is 0.285. The number of ether oxygens (including phenoxy) is 1. The van der Waals surface area contributed by atoms with E-state index >= 15 is 0 Å². The van der Waals surface area contributed by atoms with Crippen LogP contribution in [0.25, 0.3) is 10.9 Å². The number of hydrogen-bond acceptors (Lipinski definition) is 4. The zero-order valence-corrected chi connectivity index (χ0v) is 11.1. The molecule has 3 aromatic rings. The van der Waals surface area contributed by atoms with Gasteiger partial charge >= 0.3 is 0 Å². The molecule has 1 heterocycles. The molecule has 0 atom stereocenters. The molecular weight excluding hydrogens is 273 g/mol. The number of nitrogens with zero attached hydrogens (tertiary/aromatic N) is 3. The van der Waals surface area contributed by atoms with Crippen LogP contribution in [0.1, 0.15) is 0 Å². The van der Waals surface area contributed by atoms with Crippen molar-refractivity contribution < 1.29 is 9.13 Å². The van der Waals surface area contributed by atoms with Crippen LogP contribution < -0.4 is 10.3 Å². The van der Waals surface area contributed by atoms with Crippen LogP contribution >= 0.6 is 0 Å². The summed E-state index contributed by atoms with van der Waals surface area (Å²) in [5.41, 5.74) is 0.363. The molecule has 0 spiro atoms. The van der Waals surface area contributed by atoms with Crippen LogP contribution in [0.5, 0.6) is 5.75 Å². The second kappa shape index (κ2) is 5.70. The third kappa shape index (κ3) is 2.89. The van der Waals surface area contributed by atoms with Crippen molar-refractivity contribution in [2.75, 3.05) is 6.61 Å². The van der Waals surface area contributed by atoms with Gasteiger partial charge in [0.1, 0.15) is 23.7 Å². The fourth-order valence-electron chi connectivity index (χ4n) is 1.95. The predicted molar refractivity (Wildman–Crippen MR) is 75.7 cm³/mol. The minimum Gasteiger partial charge on any atom is -0.492 e. The van der Waals surface area contributed by atoms with Gasteiger partial charge in [0.2, 0.25) is 0 Å². The van der Waals surface area contributed by atoms with Gasteiger partial charge in [0.05, 0.1) is 11.9 Å². The van der Waals surface area contributed by atoms with Gasteiger partial charge in [-0.3, -0.25) is 4.79 Å².